The van der Waals surface area contributed by atoms with Crippen molar-refractivity contribution in [3.63, 3.8) is 0 Å². The third kappa shape index (κ3) is 3.65. The van der Waals surface area contributed by atoms with Gasteiger partial charge in [-0.2, -0.15) is 5.10 Å². The number of carbonyl (C=O) groups excluding carboxylic acids is 1. The predicted octanol–water partition coefficient (Wildman–Crippen LogP) is 2.44. The average molecular weight is 339 g/mol. The van der Waals surface area contributed by atoms with Crippen molar-refractivity contribution in [3.05, 3.63) is 63.6 Å². The Labute approximate surface area is 148 Å². The van der Waals surface area contributed by atoms with Crippen molar-refractivity contribution < 1.29 is 4.79 Å². The van der Waals surface area contributed by atoms with Gasteiger partial charge in [-0.25, -0.2) is 4.68 Å². The molecule has 1 aliphatic rings. The summed E-state index contributed by atoms with van der Waals surface area (Å²) < 4.78 is 1.28. The number of piperidine rings is 1. The summed E-state index contributed by atoms with van der Waals surface area (Å²) in [7, 11) is 0. The molecule has 2 aromatic rings. The first-order chi connectivity index (χ1) is 11.9. The van der Waals surface area contributed by atoms with E-state index in [1.807, 2.05) is 36.9 Å². The number of rotatable bonds is 3. The molecule has 0 saturated carbocycles. The number of aromatic nitrogens is 2. The molecule has 1 saturated heterocycles. The maximum atomic E-state index is 12.8. The van der Waals surface area contributed by atoms with Crippen LogP contribution < -0.4 is 5.56 Å². The van der Waals surface area contributed by atoms with E-state index in [9.17, 15) is 9.59 Å². The number of benzene rings is 1. The fraction of sp³-hybridized carbons (Fsp3) is 0.450. The standard InChI is InChI=1S/C20H25N3O2/c1-15-12-18(24)23(21-16(15)2)13-19(25)22-11-7-10-20(3,14-22)17-8-5-4-6-9-17/h4-6,8-9,12H,7,10-11,13-14H2,1-3H3/t20-/m0/s1. The highest BCUT2D eigenvalue weighted by Crippen LogP contribution is 2.33. The lowest BCUT2D eigenvalue weighted by atomic mass is 9.76. The SMILES string of the molecule is Cc1cc(=O)n(CC(=O)N2CCC[C@](C)(c3ccccc3)C2)nc1C. The van der Waals surface area contributed by atoms with Gasteiger partial charge < -0.3 is 4.90 Å². The Hall–Kier alpha value is -2.43. The highest BCUT2D eigenvalue weighted by Gasteiger charge is 2.34. The Morgan fingerprint density at radius 3 is 2.68 bits per heavy atom. The van der Waals surface area contributed by atoms with Gasteiger partial charge in [0.15, 0.2) is 0 Å². The van der Waals surface area contributed by atoms with Gasteiger partial charge in [-0.3, -0.25) is 9.59 Å². The number of hydrogen-bond acceptors (Lipinski definition) is 3. The van der Waals surface area contributed by atoms with E-state index >= 15 is 0 Å². The van der Waals surface area contributed by atoms with Crippen molar-refractivity contribution in [2.45, 2.75) is 45.6 Å². The minimum atomic E-state index is -0.223. The second-order valence-electron chi connectivity index (χ2n) is 7.25. The fourth-order valence-electron chi connectivity index (χ4n) is 3.54. The van der Waals surface area contributed by atoms with E-state index in [1.165, 1.54) is 10.2 Å². The van der Waals surface area contributed by atoms with Crippen LogP contribution in [0.25, 0.3) is 0 Å². The van der Waals surface area contributed by atoms with Gasteiger partial charge in [0.05, 0.1) is 5.69 Å². The Balaban J connectivity index is 1.77. The van der Waals surface area contributed by atoms with E-state index in [2.05, 4.69) is 24.2 Å². The first kappa shape index (κ1) is 17.4. The minimum absolute atomic E-state index is 0.00478. The summed E-state index contributed by atoms with van der Waals surface area (Å²) in [6.45, 7) is 7.33. The molecule has 2 heterocycles. The summed E-state index contributed by atoms with van der Waals surface area (Å²) in [6, 6.07) is 11.9. The van der Waals surface area contributed by atoms with Crippen LogP contribution in [0.5, 0.6) is 0 Å². The summed E-state index contributed by atoms with van der Waals surface area (Å²) in [6.07, 6.45) is 2.02. The lowest BCUT2D eigenvalue weighted by Crippen LogP contribution is -2.48. The molecular formula is C20H25N3O2. The second kappa shape index (κ2) is 6.82. The van der Waals surface area contributed by atoms with Crippen LogP contribution in [0.4, 0.5) is 0 Å². The third-order valence-electron chi connectivity index (χ3n) is 5.24. The number of carbonyl (C=O) groups is 1. The molecule has 1 atom stereocenters. The van der Waals surface area contributed by atoms with Gasteiger partial charge >= 0.3 is 0 Å². The molecule has 5 nitrogen and oxygen atoms in total. The largest absolute Gasteiger partial charge is 0.340 e. The highest BCUT2D eigenvalue weighted by molar-refractivity contribution is 5.76. The van der Waals surface area contributed by atoms with Crippen molar-refractivity contribution >= 4 is 5.91 Å². The lowest BCUT2D eigenvalue weighted by Gasteiger charge is -2.41. The Kier molecular flexibility index (Phi) is 4.75. The van der Waals surface area contributed by atoms with E-state index in [4.69, 9.17) is 0 Å². The molecule has 25 heavy (non-hydrogen) atoms. The second-order valence-corrected chi connectivity index (χ2v) is 7.25. The molecule has 3 rings (SSSR count). The van der Waals surface area contributed by atoms with Crippen molar-refractivity contribution in [2.75, 3.05) is 13.1 Å². The quantitative estimate of drug-likeness (QED) is 0.863. The molecule has 0 unspecified atom stereocenters. The van der Waals surface area contributed by atoms with Crippen molar-refractivity contribution in [1.29, 1.82) is 0 Å². The smallest absolute Gasteiger partial charge is 0.267 e. The van der Waals surface area contributed by atoms with E-state index in [-0.39, 0.29) is 23.4 Å². The topological polar surface area (TPSA) is 55.2 Å². The van der Waals surface area contributed by atoms with Crippen LogP contribution in [0.1, 0.15) is 36.6 Å². The number of aryl methyl sites for hydroxylation is 2. The van der Waals surface area contributed by atoms with Crippen molar-refractivity contribution in [3.8, 4) is 0 Å². The average Bonchev–Trinajstić information content (AvgIpc) is 2.60. The molecule has 0 N–H and O–H groups in total. The minimum Gasteiger partial charge on any atom is -0.340 e. The lowest BCUT2D eigenvalue weighted by molar-refractivity contribution is -0.134. The van der Waals surface area contributed by atoms with Gasteiger partial charge in [0.25, 0.3) is 5.56 Å². The molecular weight excluding hydrogens is 314 g/mol. The van der Waals surface area contributed by atoms with Crippen LogP contribution in [-0.4, -0.2) is 33.7 Å². The zero-order chi connectivity index (χ0) is 18.0. The van der Waals surface area contributed by atoms with Crippen molar-refractivity contribution in [2.24, 2.45) is 0 Å². The van der Waals surface area contributed by atoms with Gasteiger partial charge in [0.2, 0.25) is 5.91 Å². The van der Waals surface area contributed by atoms with E-state index in [1.54, 1.807) is 6.07 Å². The molecule has 0 bridgehead atoms. The predicted molar refractivity (Wildman–Crippen MR) is 97.6 cm³/mol. The van der Waals surface area contributed by atoms with Gasteiger partial charge in [-0.1, -0.05) is 37.3 Å². The van der Waals surface area contributed by atoms with Crippen molar-refractivity contribution in [1.82, 2.24) is 14.7 Å². The molecule has 0 radical (unpaired) electrons. The first-order valence-electron chi connectivity index (χ1n) is 8.78. The van der Waals surface area contributed by atoms with Gasteiger partial charge in [0.1, 0.15) is 6.54 Å². The maximum Gasteiger partial charge on any atom is 0.267 e. The molecule has 1 aromatic heterocycles. The molecule has 1 aliphatic heterocycles. The normalized spacial score (nSPS) is 20.5. The summed E-state index contributed by atoms with van der Waals surface area (Å²) in [4.78, 5) is 26.7. The monoisotopic (exact) mass is 339 g/mol. The van der Waals surface area contributed by atoms with Crippen LogP contribution >= 0.6 is 0 Å². The first-order valence-corrected chi connectivity index (χ1v) is 8.78. The van der Waals surface area contributed by atoms with Gasteiger partial charge in [-0.05, 0) is 37.8 Å². The van der Waals surface area contributed by atoms with Crippen LogP contribution in [-0.2, 0) is 16.8 Å². The Morgan fingerprint density at radius 1 is 1.24 bits per heavy atom. The number of nitrogens with zero attached hydrogens (tertiary/aromatic N) is 3. The van der Waals surface area contributed by atoms with Crippen LogP contribution in [0, 0.1) is 13.8 Å². The molecule has 1 aromatic carbocycles. The number of amides is 1. The van der Waals surface area contributed by atoms with E-state index in [0.717, 1.165) is 30.6 Å². The molecule has 0 aliphatic carbocycles. The molecule has 5 heteroatoms. The van der Waals surface area contributed by atoms with E-state index in [0.29, 0.717) is 6.54 Å². The molecule has 132 valence electrons. The van der Waals surface area contributed by atoms with E-state index < -0.39 is 0 Å². The highest BCUT2D eigenvalue weighted by atomic mass is 16.2. The summed E-state index contributed by atoms with van der Waals surface area (Å²) in [5.74, 6) is -0.0419. The third-order valence-corrected chi connectivity index (χ3v) is 5.24. The van der Waals surface area contributed by atoms with Crippen LogP contribution in [0.3, 0.4) is 0 Å². The summed E-state index contributed by atoms with van der Waals surface area (Å²) in [5.41, 5.74) is 2.62. The molecule has 1 amide bonds. The zero-order valence-electron chi connectivity index (χ0n) is 15.2. The number of hydrogen-bond donors (Lipinski definition) is 0. The fourth-order valence-corrected chi connectivity index (χ4v) is 3.54. The summed E-state index contributed by atoms with van der Waals surface area (Å²) >= 11 is 0. The maximum absolute atomic E-state index is 12.8. The van der Waals surface area contributed by atoms with Crippen LogP contribution in [0.2, 0.25) is 0 Å². The number of likely N-dealkylation sites (tertiary alicyclic amines) is 1. The Bertz CT molecular complexity index is 829. The van der Waals surface area contributed by atoms with Gasteiger partial charge in [-0.15, -0.1) is 0 Å². The zero-order valence-corrected chi connectivity index (χ0v) is 15.2. The van der Waals surface area contributed by atoms with Gasteiger partial charge in [0, 0.05) is 24.6 Å². The summed E-state index contributed by atoms with van der Waals surface area (Å²) in [5, 5.41) is 4.26. The molecule has 1 fully saturated rings. The van der Waals surface area contributed by atoms with Crippen LogP contribution in [0.15, 0.2) is 41.2 Å². The Morgan fingerprint density at radius 2 is 1.96 bits per heavy atom. The molecule has 0 spiro atoms.